The van der Waals surface area contributed by atoms with Gasteiger partial charge in [0.1, 0.15) is 0 Å². The fourth-order valence-electron chi connectivity index (χ4n) is 3.43. The van der Waals surface area contributed by atoms with Gasteiger partial charge in [-0.3, -0.25) is 0 Å². The lowest BCUT2D eigenvalue weighted by atomic mass is 9.75. The average molecular weight is 288 g/mol. The van der Waals surface area contributed by atoms with Gasteiger partial charge in [0.05, 0.1) is 0 Å². The summed E-state index contributed by atoms with van der Waals surface area (Å²) in [5.41, 5.74) is 4.73. The van der Waals surface area contributed by atoms with E-state index in [1.54, 1.807) is 0 Å². The second-order valence-corrected chi connectivity index (χ2v) is 7.42. The fraction of sp³-hybridized carbons (Fsp3) is 0.684. The molecule has 0 bridgehead atoms. The molecule has 118 valence electrons. The number of anilines is 1. The van der Waals surface area contributed by atoms with Crippen molar-refractivity contribution < 1.29 is 0 Å². The molecule has 1 aromatic rings. The third-order valence-electron chi connectivity index (χ3n) is 5.04. The second kappa shape index (κ2) is 6.83. The molecule has 0 aliphatic heterocycles. The molecule has 0 atom stereocenters. The van der Waals surface area contributed by atoms with Crippen LogP contribution in [0.15, 0.2) is 18.2 Å². The van der Waals surface area contributed by atoms with Crippen LogP contribution in [-0.4, -0.2) is 19.6 Å². The van der Waals surface area contributed by atoms with Gasteiger partial charge in [0.15, 0.2) is 0 Å². The molecule has 2 heteroatoms. The minimum atomic E-state index is 0.539. The van der Waals surface area contributed by atoms with E-state index >= 15 is 0 Å². The summed E-state index contributed by atoms with van der Waals surface area (Å²) in [5.74, 6) is 0. The number of nitrogens with zero attached hydrogens (tertiary/aromatic N) is 1. The van der Waals surface area contributed by atoms with E-state index in [1.165, 1.54) is 42.5 Å². The van der Waals surface area contributed by atoms with Gasteiger partial charge in [0.2, 0.25) is 0 Å². The van der Waals surface area contributed by atoms with Crippen LogP contribution >= 0.6 is 0 Å². The molecule has 0 spiro atoms. The molecule has 1 fully saturated rings. The zero-order chi connectivity index (χ0) is 15.5. The topological polar surface area (TPSA) is 15.3 Å². The van der Waals surface area contributed by atoms with Gasteiger partial charge < -0.3 is 10.2 Å². The summed E-state index contributed by atoms with van der Waals surface area (Å²) in [5, 5.41) is 3.48. The van der Waals surface area contributed by atoms with E-state index in [1.807, 2.05) is 0 Å². The Morgan fingerprint density at radius 2 is 1.90 bits per heavy atom. The number of hydrogen-bond donors (Lipinski definition) is 1. The van der Waals surface area contributed by atoms with Crippen LogP contribution in [0, 0.1) is 12.3 Å². The molecule has 0 unspecified atom stereocenters. The number of hydrogen-bond acceptors (Lipinski definition) is 2. The summed E-state index contributed by atoms with van der Waals surface area (Å²) < 4.78 is 0. The second-order valence-electron chi connectivity index (χ2n) is 7.42. The Balaban J connectivity index is 2.13. The van der Waals surface area contributed by atoms with E-state index in [2.05, 4.69) is 63.2 Å². The van der Waals surface area contributed by atoms with Gasteiger partial charge in [-0.1, -0.05) is 38.5 Å². The van der Waals surface area contributed by atoms with E-state index in [9.17, 15) is 0 Å². The number of benzene rings is 1. The predicted octanol–water partition coefficient (Wildman–Crippen LogP) is 4.51. The first-order chi connectivity index (χ1) is 9.93. The van der Waals surface area contributed by atoms with Gasteiger partial charge in [-0.25, -0.2) is 0 Å². The van der Waals surface area contributed by atoms with E-state index in [4.69, 9.17) is 0 Å². The fourth-order valence-corrected chi connectivity index (χ4v) is 3.43. The first-order valence-corrected chi connectivity index (χ1v) is 8.46. The molecule has 0 radical (unpaired) electrons. The SMILES string of the molecule is CCNCc1cc(C)ccc1N(C)C1CCC(C)(C)CC1. The van der Waals surface area contributed by atoms with Gasteiger partial charge in [-0.15, -0.1) is 0 Å². The smallest absolute Gasteiger partial charge is 0.0411 e. The Labute approximate surface area is 130 Å². The summed E-state index contributed by atoms with van der Waals surface area (Å²) in [6.07, 6.45) is 5.32. The van der Waals surface area contributed by atoms with Gasteiger partial charge in [-0.05, 0) is 56.2 Å². The lowest BCUT2D eigenvalue weighted by Crippen LogP contribution is -2.37. The highest BCUT2D eigenvalue weighted by atomic mass is 15.1. The van der Waals surface area contributed by atoms with E-state index < -0.39 is 0 Å². The van der Waals surface area contributed by atoms with Crippen molar-refractivity contribution in [3.05, 3.63) is 29.3 Å². The molecular weight excluding hydrogens is 256 g/mol. The normalized spacial score (nSPS) is 18.7. The van der Waals surface area contributed by atoms with Crippen molar-refractivity contribution in [1.82, 2.24) is 5.32 Å². The Morgan fingerprint density at radius 1 is 1.24 bits per heavy atom. The first-order valence-electron chi connectivity index (χ1n) is 8.46. The lowest BCUT2D eigenvalue weighted by Gasteiger charge is -2.40. The summed E-state index contributed by atoms with van der Waals surface area (Å²) in [6, 6.07) is 7.58. The molecule has 21 heavy (non-hydrogen) atoms. The molecule has 0 amide bonds. The highest BCUT2D eigenvalue weighted by Gasteiger charge is 2.29. The Hall–Kier alpha value is -1.02. The molecule has 0 aromatic heterocycles. The van der Waals surface area contributed by atoms with Crippen LogP contribution in [-0.2, 0) is 6.54 Å². The van der Waals surface area contributed by atoms with Gasteiger partial charge >= 0.3 is 0 Å². The molecule has 0 saturated heterocycles. The summed E-state index contributed by atoms with van der Waals surface area (Å²) in [4.78, 5) is 2.53. The van der Waals surface area contributed by atoms with E-state index in [-0.39, 0.29) is 0 Å². The maximum Gasteiger partial charge on any atom is 0.0411 e. The van der Waals surface area contributed by atoms with Gasteiger partial charge in [0.25, 0.3) is 0 Å². The minimum absolute atomic E-state index is 0.539. The molecule has 2 nitrogen and oxygen atoms in total. The van der Waals surface area contributed by atoms with Crippen LogP contribution < -0.4 is 10.2 Å². The van der Waals surface area contributed by atoms with Crippen molar-refractivity contribution >= 4 is 5.69 Å². The zero-order valence-electron chi connectivity index (χ0n) is 14.5. The number of aryl methyl sites for hydroxylation is 1. The third kappa shape index (κ3) is 4.23. The molecule has 1 aliphatic carbocycles. The largest absolute Gasteiger partial charge is 0.371 e. The quantitative estimate of drug-likeness (QED) is 0.857. The van der Waals surface area contributed by atoms with Crippen molar-refractivity contribution in [2.24, 2.45) is 5.41 Å². The van der Waals surface area contributed by atoms with Crippen molar-refractivity contribution in [1.29, 1.82) is 0 Å². The molecule has 1 N–H and O–H groups in total. The number of rotatable bonds is 5. The van der Waals surface area contributed by atoms with Gasteiger partial charge in [-0.2, -0.15) is 0 Å². The average Bonchev–Trinajstić information content (AvgIpc) is 2.44. The Bertz CT molecular complexity index is 455. The number of nitrogens with one attached hydrogen (secondary N) is 1. The minimum Gasteiger partial charge on any atom is -0.371 e. The third-order valence-corrected chi connectivity index (χ3v) is 5.04. The van der Waals surface area contributed by atoms with E-state index in [0.717, 1.165) is 13.1 Å². The van der Waals surface area contributed by atoms with Crippen molar-refractivity contribution in [3.8, 4) is 0 Å². The summed E-state index contributed by atoms with van der Waals surface area (Å²) in [6.45, 7) is 11.2. The molecule has 2 rings (SSSR count). The van der Waals surface area contributed by atoms with Crippen LogP contribution in [0.1, 0.15) is 57.6 Å². The molecule has 1 aromatic carbocycles. The maximum atomic E-state index is 3.48. The summed E-state index contributed by atoms with van der Waals surface area (Å²) in [7, 11) is 2.28. The lowest BCUT2D eigenvalue weighted by molar-refractivity contribution is 0.222. The molecule has 0 heterocycles. The maximum absolute atomic E-state index is 3.48. The predicted molar refractivity (Wildman–Crippen MR) is 93.0 cm³/mol. The van der Waals surface area contributed by atoms with Crippen LogP contribution in [0.4, 0.5) is 5.69 Å². The van der Waals surface area contributed by atoms with Crippen molar-refractivity contribution in [2.75, 3.05) is 18.5 Å². The monoisotopic (exact) mass is 288 g/mol. The first kappa shape index (κ1) is 16.4. The van der Waals surface area contributed by atoms with Crippen LogP contribution in [0.3, 0.4) is 0 Å². The van der Waals surface area contributed by atoms with Crippen LogP contribution in [0.25, 0.3) is 0 Å². The summed E-state index contributed by atoms with van der Waals surface area (Å²) >= 11 is 0. The standard InChI is InChI=1S/C19H32N2/c1-6-20-14-16-13-15(2)7-8-18(16)21(5)17-9-11-19(3,4)12-10-17/h7-8,13,17,20H,6,9-12,14H2,1-5H3. The van der Waals surface area contributed by atoms with Crippen LogP contribution in [0.2, 0.25) is 0 Å². The van der Waals surface area contributed by atoms with Crippen molar-refractivity contribution in [2.45, 2.75) is 66.0 Å². The molecular formula is C19H32N2. The van der Waals surface area contributed by atoms with Crippen molar-refractivity contribution in [3.63, 3.8) is 0 Å². The molecule has 1 aliphatic rings. The highest BCUT2D eigenvalue weighted by molar-refractivity contribution is 5.55. The van der Waals surface area contributed by atoms with Gasteiger partial charge in [0, 0.05) is 25.3 Å². The Kier molecular flexibility index (Phi) is 5.32. The highest BCUT2D eigenvalue weighted by Crippen LogP contribution is 2.38. The Morgan fingerprint density at radius 3 is 2.52 bits per heavy atom. The van der Waals surface area contributed by atoms with E-state index in [0.29, 0.717) is 11.5 Å². The molecule has 1 saturated carbocycles. The zero-order valence-corrected chi connectivity index (χ0v) is 14.5. The van der Waals surface area contributed by atoms with Crippen LogP contribution in [0.5, 0.6) is 0 Å².